The van der Waals surface area contributed by atoms with Gasteiger partial charge in [0.25, 0.3) is 0 Å². The highest BCUT2D eigenvalue weighted by molar-refractivity contribution is 7.89. The number of aryl methyl sites for hydroxylation is 2. The molecule has 1 atom stereocenters. The molecule has 0 spiro atoms. The van der Waals surface area contributed by atoms with Crippen LogP contribution in [0.15, 0.2) is 24.4 Å². The van der Waals surface area contributed by atoms with Gasteiger partial charge in [0, 0.05) is 31.3 Å². The van der Waals surface area contributed by atoms with Crippen molar-refractivity contribution in [3.05, 3.63) is 41.5 Å². The monoisotopic (exact) mass is 375 g/mol. The maximum Gasteiger partial charge on any atom is 0.216 e. The number of hydrogen-bond acceptors (Lipinski definition) is 6. The first-order valence-electron chi connectivity index (χ1n) is 8.80. The van der Waals surface area contributed by atoms with Gasteiger partial charge in [0.15, 0.2) is 0 Å². The van der Waals surface area contributed by atoms with Crippen LogP contribution in [-0.2, 0) is 10.0 Å². The second-order valence-corrected chi connectivity index (χ2v) is 9.45. The normalized spacial score (nSPS) is 18.4. The highest BCUT2D eigenvalue weighted by atomic mass is 32.2. The molecule has 0 amide bonds. The summed E-state index contributed by atoms with van der Waals surface area (Å²) < 4.78 is 26.4. The van der Waals surface area contributed by atoms with Crippen molar-refractivity contribution < 1.29 is 8.42 Å². The van der Waals surface area contributed by atoms with Crippen molar-refractivity contribution in [2.24, 2.45) is 0 Å². The van der Waals surface area contributed by atoms with Crippen molar-refractivity contribution in [1.29, 1.82) is 0 Å². The molecule has 3 heterocycles. The van der Waals surface area contributed by atoms with Crippen molar-refractivity contribution in [1.82, 2.24) is 19.3 Å². The van der Waals surface area contributed by atoms with Gasteiger partial charge in [-0.3, -0.25) is 0 Å². The van der Waals surface area contributed by atoms with Crippen LogP contribution in [0, 0.1) is 13.8 Å². The molecule has 0 radical (unpaired) electrons. The Morgan fingerprint density at radius 2 is 2.04 bits per heavy atom. The minimum absolute atomic E-state index is 0.0793. The summed E-state index contributed by atoms with van der Waals surface area (Å²) in [7, 11) is -3.23. The third-order valence-electron chi connectivity index (χ3n) is 4.64. The van der Waals surface area contributed by atoms with Crippen molar-refractivity contribution in [2.75, 3.05) is 18.4 Å². The van der Waals surface area contributed by atoms with Gasteiger partial charge in [-0.25, -0.2) is 27.7 Å². The van der Waals surface area contributed by atoms with E-state index >= 15 is 0 Å². The molecule has 0 saturated carbocycles. The number of aromatic nitrogens is 3. The summed E-state index contributed by atoms with van der Waals surface area (Å²) >= 11 is 0. The van der Waals surface area contributed by atoms with E-state index in [0.29, 0.717) is 24.7 Å². The molecule has 1 aliphatic heterocycles. The van der Waals surface area contributed by atoms with Crippen LogP contribution >= 0.6 is 0 Å². The third kappa shape index (κ3) is 3.86. The Morgan fingerprint density at radius 1 is 1.27 bits per heavy atom. The van der Waals surface area contributed by atoms with E-state index in [4.69, 9.17) is 0 Å². The molecule has 2 aromatic heterocycles. The predicted molar refractivity (Wildman–Crippen MR) is 102 cm³/mol. The molecule has 140 valence electrons. The van der Waals surface area contributed by atoms with E-state index < -0.39 is 15.3 Å². The first-order chi connectivity index (χ1) is 12.3. The fourth-order valence-electron chi connectivity index (χ4n) is 3.10. The number of sulfonamides is 1. The highest BCUT2D eigenvalue weighted by Crippen LogP contribution is 2.30. The lowest BCUT2D eigenvalue weighted by Crippen LogP contribution is -2.34. The first-order valence-corrected chi connectivity index (χ1v) is 10.3. The molecule has 1 N–H and O–H groups in total. The van der Waals surface area contributed by atoms with Gasteiger partial charge in [0.1, 0.15) is 17.5 Å². The summed E-state index contributed by atoms with van der Waals surface area (Å²) in [6.45, 7) is 8.27. The molecule has 0 bridgehead atoms. The quantitative estimate of drug-likeness (QED) is 0.864. The van der Waals surface area contributed by atoms with Crippen molar-refractivity contribution >= 4 is 21.7 Å². The van der Waals surface area contributed by atoms with Crippen molar-refractivity contribution in [3.63, 3.8) is 0 Å². The fourth-order valence-corrected chi connectivity index (χ4v) is 4.44. The standard InChI is InChI=1S/C18H25N5O2S/c1-12(2)26(24,25)23-9-7-15(11-23)16-10-17(21-14(4)20-16)22-18-13(3)6-5-8-19-18/h5-6,8,10,12,15H,7,9,11H2,1-4H3,(H,19,20,21,22)/t15-/m1/s1. The van der Waals surface area contributed by atoms with E-state index in [2.05, 4.69) is 20.3 Å². The van der Waals surface area contributed by atoms with E-state index in [-0.39, 0.29) is 5.92 Å². The highest BCUT2D eigenvalue weighted by Gasteiger charge is 2.34. The minimum atomic E-state index is -3.23. The molecule has 1 aliphatic rings. The number of hydrogen-bond donors (Lipinski definition) is 1. The van der Waals surface area contributed by atoms with E-state index in [9.17, 15) is 8.42 Å². The second kappa shape index (κ2) is 7.28. The maximum atomic E-state index is 12.4. The molecule has 0 aromatic carbocycles. The van der Waals surface area contributed by atoms with Crippen molar-refractivity contribution in [3.8, 4) is 0 Å². The SMILES string of the molecule is Cc1nc(Nc2ncccc2C)cc([C@@H]2CCN(S(=O)(=O)C(C)C)C2)n1. The Morgan fingerprint density at radius 3 is 2.73 bits per heavy atom. The summed E-state index contributed by atoms with van der Waals surface area (Å²) in [5.41, 5.74) is 1.90. The number of pyridine rings is 1. The lowest BCUT2D eigenvalue weighted by Gasteiger charge is -2.19. The van der Waals surface area contributed by atoms with Crippen LogP contribution in [0.1, 0.15) is 43.3 Å². The molecule has 0 unspecified atom stereocenters. The zero-order valence-corrected chi connectivity index (χ0v) is 16.4. The van der Waals surface area contributed by atoms with Crippen LogP contribution in [0.4, 0.5) is 11.6 Å². The Balaban J connectivity index is 1.82. The Hall–Kier alpha value is -2.06. The van der Waals surface area contributed by atoms with E-state index in [1.165, 1.54) is 0 Å². The third-order valence-corrected chi connectivity index (χ3v) is 6.88. The molecule has 1 saturated heterocycles. The van der Waals surface area contributed by atoms with Gasteiger partial charge in [-0.1, -0.05) is 6.07 Å². The van der Waals surface area contributed by atoms with Crippen LogP contribution in [0.5, 0.6) is 0 Å². The lowest BCUT2D eigenvalue weighted by atomic mass is 10.0. The maximum absolute atomic E-state index is 12.4. The largest absolute Gasteiger partial charge is 0.325 e. The van der Waals surface area contributed by atoms with Gasteiger partial charge in [-0.2, -0.15) is 0 Å². The average Bonchev–Trinajstić information content (AvgIpc) is 3.07. The molecular weight excluding hydrogens is 350 g/mol. The summed E-state index contributed by atoms with van der Waals surface area (Å²) in [6, 6.07) is 5.77. The number of nitrogens with zero attached hydrogens (tertiary/aromatic N) is 4. The molecule has 0 aliphatic carbocycles. The van der Waals surface area contributed by atoms with Gasteiger partial charge >= 0.3 is 0 Å². The van der Waals surface area contributed by atoms with E-state index in [0.717, 1.165) is 23.5 Å². The molecule has 7 nitrogen and oxygen atoms in total. The molecule has 3 rings (SSSR count). The lowest BCUT2D eigenvalue weighted by molar-refractivity contribution is 0.465. The molecule has 1 fully saturated rings. The number of rotatable bonds is 5. The van der Waals surface area contributed by atoms with Crippen molar-refractivity contribution in [2.45, 2.75) is 45.3 Å². The van der Waals surface area contributed by atoms with Crippen LogP contribution in [0.2, 0.25) is 0 Å². The smallest absolute Gasteiger partial charge is 0.216 e. The van der Waals surface area contributed by atoms with Gasteiger partial charge in [0.05, 0.1) is 10.9 Å². The second-order valence-electron chi connectivity index (χ2n) is 6.96. The summed E-state index contributed by atoms with van der Waals surface area (Å²) in [4.78, 5) is 13.3. The minimum Gasteiger partial charge on any atom is -0.325 e. The predicted octanol–water partition coefficient (Wildman–Crippen LogP) is 2.76. The van der Waals surface area contributed by atoms with Gasteiger partial charge in [-0.15, -0.1) is 0 Å². The molecule has 8 heteroatoms. The van der Waals surface area contributed by atoms with Gasteiger partial charge < -0.3 is 5.32 Å². The van der Waals surface area contributed by atoms with Crippen LogP contribution < -0.4 is 5.32 Å². The van der Waals surface area contributed by atoms with E-state index in [1.807, 2.05) is 32.0 Å². The topological polar surface area (TPSA) is 88.1 Å². The molecule has 26 heavy (non-hydrogen) atoms. The Bertz CT molecular complexity index is 898. The Labute approximate surface area is 154 Å². The number of nitrogens with one attached hydrogen (secondary N) is 1. The van der Waals surface area contributed by atoms with Gasteiger partial charge in [-0.05, 0) is 45.7 Å². The van der Waals surface area contributed by atoms with Crippen LogP contribution in [-0.4, -0.2) is 46.0 Å². The average molecular weight is 375 g/mol. The summed E-state index contributed by atoms with van der Waals surface area (Å²) in [5, 5.41) is 2.84. The van der Waals surface area contributed by atoms with Crippen LogP contribution in [0.25, 0.3) is 0 Å². The van der Waals surface area contributed by atoms with E-state index in [1.54, 1.807) is 24.3 Å². The summed E-state index contributed by atoms with van der Waals surface area (Å²) in [6.07, 6.45) is 2.50. The Kier molecular flexibility index (Phi) is 5.24. The first kappa shape index (κ1) is 18.7. The number of anilines is 2. The zero-order valence-electron chi connectivity index (χ0n) is 15.6. The zero-order chi connectivity index (χ0) is 18.9. The molecule has 2 aromatic rings. The fraction of sp³-hybridized carbons (Fsp3) is 0.500. The van der Waals surface area contributed by atoms with Gasteiger partial charge in [0.2, 0.25) is 10.0 Å². The summed E-state index contributed by atoms with van der Waals surface area (Å²) in [5.74, 6) is 2.17. The molecular formula is C18H25N5O2S. The van der Waals surface area contributed by atoms with Crippen LogP contribution in [0.3, 0.4) is 0 Å².